The molecule has 314 valence electrons. The Bertz CT molecular complexity index is 1070. The monoisotopic (exact) mass is 767 g/mol. The molecule has 0 aromatic heterocycles. The van der Waals surface area contributed by atoms with E-state index in [4.69, 9.17) is 14.2 Å². The molecule has 0 saturated heterocycles. The van der Waals surface area contributed by atoms with Crippen LogP contribution in [0.2, 0.25) is 0 Å². The van der Waals surface area contributed by atoms with Crippen LogP contribution in [0.5, 0.6) is 0 Å². The number of rotatable bonds is 39. The number of esters is 3. The summed E-state index contributed by atoms with van der Waals surface area (Å²) in [6.45, 7) is 6.26. The summed E-state index contributed by atoms with van der Waals surface area (Å²) < 4.78 is 16.6. The number of hydrogen-bond acceptors (Lipinski definition) is 6. The molecule has 0 aromatic carbocycles. The van der Waals surface area contributed by atoms with Gasteiger partial charge in [-0.15, -0.1) is 0 Å². The van der Waals surface area contributed by atoms with Crippen LogP contribution < -0.4 is 0 Å². The van der Waals surface area contributed by atoms with Crippen LogP contribution in [-0.2, 0) is 28.6 Å². The summed E-state index contributed by atoms with van der Waals surface area (Å²) in [4.78, 5) is 37.6. The van der Waals surface area contributed by atoms with Crippen molar-refractivity contribution in [2.75, 3.05) is 13.2 Å². The molecule has 0 fully saturated rings. The van der Waals surface area contributed by atoms with E-state index in [1.165, 1.54) is 89.9 Å². The minimum absolute atomic E-state index is 0.108. The predicted molar refractivity (Wildman–Crippen MR) is 233 cm³/mol. The van der Waals surface area contributed by atoms with Gasteiger partial charge < -0.3 is 14.2 Å². The maximum atomic E-state index is 12.7. The summed E-state index contributed by atoms with van der Waals surface area (Å²) in [5.74, 6) is -1.05. The third-order valence-corrected chi connectivity index (χ3v) is 9.30. The molecule has 0 amide bonds. The Kier molecular flexibility index (Phi) is 41.1. The van der Waals surface area contributed by atoms with Crippen molar-refractivity contribution < 1.29 is 28.6 Å². The second-order valence-electron chi connectivity index (χ2n) is 14.6. The van der Waals surface area contributed by atoms with Crippen molar-refractivity contribution in [1.82, 2.24) is 0 Å². The predicted octanol–water partition coefficient (Wildman–Crippen LogP) is 14.3. The highest BCUT2D eigenvalue weighted by molar-refractivity contribution is 5.72. The van der Waals surface area contributed by atoms with Gasteiger partial charge in [0.05, 0.1) is 6.42 Å². The number of ether oxygens (including phenoxy) is 3. The average Bonchev–Trinajstić information content (AvgIpc) is 3.18. The zero-order chi connectivity index (χ0) is 40.1. The van der Waals surface area contributed by atoms with Gasteiger partial charge >= 0.3 is 17.9 Å². The molecule has 0 aliphatic carbocycles. The molecule has 55 heavy (non-hydrogen) atoms. The first-order valence-electron chi connectivity index (χ1n) is 22.5. The molecule has 0 radical (unpaired) electrons. The molecule has 6 nitrogen and oxygen atoms in total. The maximum Gasteiger partial charge on any atom is 0.309 e. The Morgan fingerprint density at radius 1 is 0.418 bits per heavy atom. The van der Waals surface area contributed by atoms with E-state index in [9.17, 15) is 14.4 Å². The van der Waals surface area contributed by atoms with Crippen LogP contribution in [0.1, 0.15) is 201 Å². The van der Waals surface area contributed by atoms with Gasteiger partial charge in [-0.25, -0.2) is 0 Å². The number of hydrogen-bond donors (Lipinski definition) is 0. The van der Waals surface area contributed by atoms with Crippen LogP contribution in [0, 0.1) is 0 Å². The highest BCUT2D eigenvalue weighted by Gasteiger charge is 2.19. The molecular formula is C49H82O6. The normalized spacial score (nSPS) is 12.7. The van der Waals surface area contributed by atoms with Gasteiger partial charge in [-0.05, 0) is 51.4 Å². The number of carbonyl (C=O) groups is 3. The molecule has 0 spiro atoms. The first kappa shape index (κ1) is 51.9. The molecule has 1 unspecified atom stereocenters. The summed E-state index contributed by atoms with van der Waals surface area (Å²) in [5.41, 5.74) is 0. The van der Waals surface area contributed by atoms with Crippen LogP contribution in [0.3, 0.4) is 0 Å². The minimum Gasteiger partial charge on any atom is -0.462 e. The van der Waals surface area contributed by atoms with E-state index in [0.29, 0.717) is 12.8 Å². The smallest absolute Gasteiger partial charge is 0.309 e. The van der Waals surface area contributed by atoms with Gasteiger partial charge in [-0.1, -0.05) is 203 Å². The van der Waals surface area contributed by atoms with Crippen molar-refractivity contribution in [2.45, 2.75) is 207 Å². The van der Waals surface area contributed by atoms with E-state index >= 15 is 0 Å². The first-order valence-corrected chi connectivity index (χ1v) is 22.5. The molecule has 1 atom stereocenters. The largest absolute Gasteiger partial charge is 0.462 e. The second kappa shape index (κ2) is 43.6. The van der Waals surface area contributed by atoms with Crippen molar-refractivity contribution in [3.8, 4) is 0 Å². The van der Waals surface area contributed by atoms with Crippen molar-refractivity contribution in [3.05, 3.63) is 72.9 Å². The van der Waals surface area contributed by atoms with Crippen LogP contribution in [0.15, 0.2) is 72.9 Å². The van der Waals surface area contributed by atoms with Crippen molar-refractivity contribution in [2.24, 2.45) is 0 Å². The Morgan fingerprint density at radius 2 is 0.855 bits per heavy atom. The van der Waals surface area contributed by atoms with Crippen molar-refractivity contribution in [1.29, 1.82) is 0 Å². The minimum atomic E-state index is -0.811. The number of carbonyl (C=O) groups excluding carboxylic acids is 3. The lowest BCUT2D eigenvalue weighted by molar-refractivity contribution is -0.166. The van der Waals surface area contributed by atoms with Crippen LogP contribution in [-0.4, -0.2) is 37.2 Å². The van der Waals surface area contributed by atoms with E-state index in [1.54, 1.807) is 6.08 Å². The molecule has 0 aromatic rings. The van der Waals surface area contributed by atoms with E-state index in [0.717, 1.165) is 70.6 Å². The molecule has 0 aliphatic heterocycles. The van der Waals surface area contributed by atoms with Crippen LogP contribution in [0.25, 0.3) is 0 Å². The van der Waals surface area contributed by atoms with E-state index in [1.807, 2.05) is 6.08 Å². The van der Waals surface area contributed by atoms with Gasteiger partial charge in [0.1, 0.15) is 13.2 Å². The third kappa shape index (κ3) is 41.8. The fraction of sp³-hybridized carbons (Fsp3) is 0.694. The summed E-state index contributed by atoms with van der Waals surface area (Å²) in [5, 5.41) is 0. The average molecular weight is 767 g/mol. The quantitative estimate of drug-likeness (QED) is 0.0204. The molecule has 0 bridgehead atoms. The first-order chi connectivity index (χ1) is 27.0. The molecule has 0 aliphatic rings. The summed E-state index contributed by atoms with van der Waals surface area (Å²) >= 11 is 0. The summed E-state index contributed by atoms with van der Waals surface area (Å²) in [6.07, 6.45) is 53.4. The Hall–Kier alpha value is -3.15. The third-order valence-electron chi connectivity index (χ3n) is 9.30. The lowest BCUT2D eigenvalue weighted by Crippen LogP contribution is -2.30. The van der Waals surface area contributed by atoms with Gasteiger partial charge in [-0.2, -0.15) is 0 Å². The maximum absolute atomic E-state index is 12.7. The fourth-order valence-electron chi connectivity index (χ4n) is 5.97. The van der Waals surface area contributed by atoms with Gasteiger partial charge in [0.15, 0.2) is 6.10 Å². The Morgan fingerprint density at radius 3 is 1.40 bits per heavy atom. The van der Waals surface area contributed by atoms with Gasteiger partial charge in [0.2, 0.25) is 0 Å². The molecule has 0 rings (SSSR count). The number of allylic oxidation sites excluding steroid dienone is 11. The lowest BCUT2D eigenvalue weighted by atomic mass is 10.0. The van der Waals surface area contributed by atoms with Gasteiger partial charge in [0.25, 0.3) is 0 Å². The second-order valence-corrected chi connectivity index (χ2v) is 14.6. The molecule has 0 N–H and O–H groups in total. The summed E-state index contributed by atoms with van der Waals surface area (Å²) in [6, 6.07) is 0. The van der Waals surface area contributed by atoms with Crippen LogP contribution in [0.4, 0.5) is 0 Å². The molecular weight excluding hydrogens is 685 g/mol. The Balaban J connectivity index is 4.43. The Labute approximate surface area is 338 Å². The van der Waals surface area contributed by atoms with Crippen molar-refractivity contribution >= 4 is 17.9 Å². The SMILES string of the molecule is CC\C=C/C=C\C=C/CCCCCCCCCC(=O)OCC(COC(=O)C/C=C\C/C=C\C/C=C\CC)OC(=O)CCCCCCCCCCCCCCC. The van der Waals surface area contributed by atoms with Crippen molar-refractivity contribution in [3.63, 3.8) is 0 Å². The highest BCUT2D eigenvalue weighted by Crippen LogP contribution is 2.14. The summed E-state index contributed by atoms with van der Waals surface area (Å²) in [7, 11) is 0. The van der Waals surface area contributed by atoms with Gasteiger partial charge in [0, 0.05) is 12.8 Å². The lowest BCUT2D eigenvalue weighted by Gasteiger charge is -2.18. The molecule has 0 saturated carbocycles. The molecule has 6 heteroatoms. The number of unbranched alkanes of at least 4 members (excludes halogenated alkanes) is 19. The van der Waals surface area contributed by atoms with E-state index in [2.05, 4.69) is 81.5 Å². The van der Waals surface area contributed by atoms with E-state index in [-0.39, 0.29) is 31.6 Å². The van der Waals surface area contributed by atoms with E-state index < -0.39 is 12.1 Å². The fourth-order valence-corrected chi connectivity index (χ4v) is 5.97. The zero-order valence-electron chi connectivity index (χ0n) is 35.7. The van der Waals surface area contributed by atoms with Gasteiger partial charge in [-0.3, -0.25) is 14.4 Å². The molecule has 0 heterocycles. The highest BCUT2D eigenvalue weighted by atomic mass is 16.6. The zero-order valence-corrected chi connectivity index (χ0v) is 35.7. The van der Waals surface area contributed by atoms with Crippen LogP contribution >= 0.6 is 0 Å². The standard InChI is InChI=1S/C49H82O6/c1-4-7-10-13-16-19-21-23-24-26-27-30-33-36-39-42-48(51)54-45-46(44-53-47(50)41-38-35-32-29-18-15-12-9-6-3)55-49(52)43-40-37-34-31-28-25-22-20-17-14-11-8-5-2/h7,9-10,12-13,16,18-19,21,29,35,38,46H,4-6,8,11,14-15,17,20,22-28,30-34,36-37,39-45H2,1-3H3/b10-7-,12-9-,16-13-,21-19-,29-18-,38-35-. The topological polar surface area (TPSA) is 78.9 Å².